The Morgan fingerprint density at radius 1 is 1.25 bits per heavy atom. The zero-order chi connectivity index (χ0) is 17.1. The molecule has 2 N–H and O–H groups in total. The van der Waals surface area contributed by atoms with Gasteiger partial charge in [0.1, 0.15) is 0 Å². The first-order valence-corrected chi connectivity index (χ1v) is 7.60. The van der Waals surface area contributed by atoms with Crippen molar-refractivity contribution in [2.45, 2.75) is 19.4 Å². The lowest BCUT2D eigenvalue weighted by molar-refractivity contribution is -0.116. The number of fused-ring (bicyclic) bond motifs is 1. The molecular formula is C18H17FN2O3. The molecule has 0 spiro atoms. The highest BCUT2D eigenvalue weighted by molar-refractivity contribution is 5.97. The Bertz CT molecular complexity index is 805. The number of halogens is 1. The topological polar surface area (TPSA) is 67.4 Å². The molecule has 1 aliphatic heterocycles. The van der Waals surface area contributed by atoms with Gasteiger partial charge in [-0.05, 0) is 47.9 Å². The SMILES string of the molecule is COc1ccc(CNC(=O)c2ccc3c(c2)CCC(=O)N3)cc1F. The van der Waals surface area contributed by atoms with Crippen LogP contribution in [-0.4, -0.2) is 18.9 Å². The van der Waals surface area contributed by atoms with Crippen molar-refractivity contribution >= 4 is 17.5 Å². The minimum Gasteiger partial charge on any atom is -0.494 e. The molecule has 0 saturated heterocycles. The van der Waals surface area contributed by atoms with Crippen molar-refractivity contribution in [2.75, 3.05) is 12.4 Å². The van der Waals surface area contributed by atoms with Gasteiger partial charge >= 0.3 is 0 Å². The molecule has 3 rings (SSSR count). The number of carbonyl (C=O) groups excluding carboxylic acids is 2. The highest BCUT2D eigenvalue weighted by atomic mass is 19.1. The van der Waals surface area contributed by atoms with Gasteiger partial charge in [0.05, 0.1) is 7.11 Å². The summed E-state index contributed by atoms with van der Waals surface area (Å²) in [6, 6.07) is 9.73. The Labute approximate surface area is 138 Å². The number of nitrogens with one attached hydrogen (secondary N) is 2. The van der Waals surface area contributed by atoms with Crippen LogP contribution in [0.5, 0.6) is 5.75 Å². The quantitative estimate of drug-likeness (QED) is 0.907. The monoisotopic (exact) mass is 328 g/mol. The zero-order valence-electron chi connectivity index (χ0n) is 13.2. The lowest BCUT2D eigenvalue weighted by Crippen LogP contribution is -2.24. The summed E-state index contributed by atoms with van der Waals surface area (Å²) in [7, 11) is 1.40. The van der Waals surface area contributed by atoms with Crippen molar-refractivity contribution < 1.29 is 18.7 Å². The van der Waals surface area contributed by atoms with Crippen molar-refractivity contribution in [3.63, 3.8) is 0 Å². The van der Waals surface area contributed by atoms with E-state index in [1.807, 2.05) is 0 Å². The number of methoxy groups -OCH3 is 1. The first kappa shape index (κ1) is 16.0. The average Bonchev–Trinajstić information content (AvgIpc) is 2.59. The van der Waals surface area contributed by atoms with Crippen molar-refractivity contribution in [3.8, 4) is 5.75 Å². The molecule has 24 heavy (non-hydrogen) atoms. The number of hydrogen-bond acceptors (Lipinski definition) is 3. The van der Waals surface area contributed by atoms with Gasteiger partial charge in [-0.1, -0.05) is 6.07 Å². The summed E-state index contributed by atoms with van der Waals surface area (Å²) < 4.78 is 18.5. The molecule has 6 heteroatoms. The van der Waals surface area contributed by atoms with Crippen LogP contribution >= 0.6 is 0 Å². The third-order valence-corrected chi connectivity index (χ3v) is 3.93. The van der Waals surface area contributed by atoms with Crippen LogP contribution in [0.25, 0.3) is 0 Å². The van der Waals surface area contributed by atoms with E-state index in [4.69, 9.17) is 4.74 Å². The number of aryl methyl sites for hydroxylation is 1. The first-order chi connectivity index (χ1) is 11.6. The smallest absolute Gasteiger partial charge is 0.251 e. The standard InChI is InChI=1S/C18H17FN2O3/c1-24-16-6-2-11(8-14(16)19)10-20-18(23)13-3-5-15-12(9-13)4-7-17(22)21-15/h2-3,5-6,8-9H,4,7,10H2,1H3,(H,20,23)(H,21,22). The summed E-state index contributed by atoms with van der Waals surface area (Å²) >= 11 is 0. The minimum absolute atomic E-state index is 0.0127. The number of ether oxygens (including phenoxy) is 1. The summed E-state index contributed by atoms with van der Waals surface area (Å²) in [5.74, 6) is -0.553. The minimum atomic E-state index is -0.464. The van der Waals surface area contributed by atoms with Crippen LogP contribution in [0.2, 0.25) is 0 Å². The molecule has 2 aromatic rings. The van der Waals surface area contributed by atoms with E-state index in [0.717, 1.165) is 11.3 Å². The summed E-state index contributed by atoms with van der Waals surface area (Å²) in [5, 5.41) is 5.54. The second-order valence-corrected chi connectivity index (χ2v) is 5.57. The van der Waals surface area contributed by atoms with Crippen LogP contribution in [-0.2, 0) is 17.8 Å². The zero-order valence-corrected chi connectivity index (χ0v) is 13.2. The molecule has 2 amide bonds. The van der Waals surface area contributed by atoms with E-state index in [1.54, 1.807) is 24.3 Å². The molecule has 0 saturated carbocycles. The molecular weight excluding hydrogens is 311 g/mol. The highest BCUT2D eigenvalue weighted by Crippen LogP contribution is 2.23. The summed E-state index contributed by atoms with van der Waals surface area (Å²) in [6.07, 6.45) is 1.04. The molecule has 1 aliphatic rings. The number of amides is 2. The fourth-order valence-corrected chi connectivity index (χ4v) is 2.63. The van der Waals surface area contributed by atoms with Crippen LogP contribution < -0.4 is 15.4 Å². The predicted molar refractivity (Wildman–Crippen MR) is 87.5 cm³/mol. The Hall–Kier alpha value is -2.89. The number of anilines is 1. The largest absolute Gasteiger partial charge is 0.494 e. The third-order valence-electron chi connectivity index (χ3n) is 3.93. The van der Waals surface area contributed by atoms with Crippen LogP contribution in [0.1, 0.15) is 27.9 Å². The highest BCUT2D eigenvalue weighted by Gasteiger charge is 2.16. The van der Waals surface area contributed by atoms with Gasteiger partial charge in [0.25, 0.3) is 5.91 Å². The van der Waals surface area contributed by atoms with Gasteiger partial charge in [-0.3, -0.25) is 9.59 Å². The van der Waals surface area contributed by atoms with Gasteiger partial charge in [-0.2, -0.15) is 0 Å². The van der Waals surface area contributed by atoms with Crippen LogP contribution in [0.15, 0.2) is 36.4 Å². The van der Waals surface area contributed by atoms with Gasteiger partial charge in [0.15, 0.2) is 11.6 Å². The predicted octanol–water partition coefficient (Wildman–Crippen LogP) is 2.65. The maximum Gasteiger partial charge on any atom is 0.251 e. The van der Waals surface area contributed by atoms with Crippen LogP contribution in [0.3, 0.4) is 0 Å². The maximum absolute atomic E-state index is 13.6. The Morgan fingerprint density at radius 3 is 2.83 bits per heavy atom. The second-order valence-electron chi connectivity index (χ2n) is 5.57. The lowest BCUT2D eigenvalue weighted by atomic mass is 10.00. The molecule has 0 unspecified atom stereocenters. The van der Waals surface area contributed by atoms with E-state index in [9.17, 15) is 14.0 Å². The van der Waals surface area contributed by atoms with E-state index in [-0.39, 0.29) is 24.1 Å². The average molecular weight is 328 g/mol. The Morgan fingerprint density at radius 2 is 2.08 bits per heavy atom. The second kappa shape index (κ2) is 6.70. The van der Waals surface area contributed by atoms with Crippen molar-refractivity contribution in [1.82, 2.24) is 5.32 Å². The van der Waals surface area contributed by atoms with Crippen molar-refractivity contribution in [1.29, 1.82) is 0 Å². The maximum atomic E-state index is 13.6. The number of rotatable bonds is 4. The third kappa shape index (κ3) is 3.37. The first-order valence-electron chi connectivity index (χ1n) is 7.60. The van der Waals surface area contributed by atoms with Gasteiger partial charge in [-0.25, -0.2) is 4.39 Å². The summed E-state index contributed by atoms with van der Waals surface area (Å²) in [4.78, 5) is 23.6. The van der Waals surface area contributed by atoms with E-state index < -0.39 is 5.82 Å². The molecule has 2 aromatic carbocycles. The molecule has 124 valence electrons. The number of benzene rings is 2. The van der Waals surface area contributed by atoms with Crippen molar-refractivity contribution in [3.05, 3.63) is 58.9 Å². The molecule has 0 bridgehead atoms. The van der Waals surface area contributed by atoms with Gasteiger partial charge in [0, 0.05) is 24.2 Å². The van der Waals surface area contributed by atoms with Gasteiger partial charge in [0.2, 0.25) is 5.91 Å². The molecule has 0 aliphatic carbocycles. The summed E-state index contributed by atoms with van der Waals surface area (Å²) in [5.41, 5.74) is 2.85. The Kier molecular flexibility index (Phi) is 4.46. The fraction of sp³-hybridized carbons (Fsp3) is 0.222. The van der Waals surface area contributed by atoms with E-state index in [1.165, 1.54) is 19.2 Å². The fourth-order valence-electron chi connectivity index (χ4n) is 2.63. The molecule has 0 fully saturated rings. The van der Waals surface area contributed by atoms with E-state index in [2.05, 4.69) is 10.6 Å². The molecule has 5 nitrogen and oxygen atoms in total. The molecule has 1 heterocycles. The van der Waals surface area contributed by atoms with Crippen molar-refractivity contribution in [2.24, 2.45) is 0 Å². The van der Waals surface area contributed by atoms with Gasteiger partial charge in [-0.15, -0.1) is 0 Å². The van der Waals surface area contributed by atoms with E-state index in [0.29, 0.717) is 24.0 Å². The molecule has 0 radical (unpaired) electrons. The molecule has 0 aromatic heterocycles. The summed E-state index contributed by atoms with van der Waals surface area (Å²) in [6.45, 7) is 0.216. The Balaban J connectivity index is 1.67. The normalized spacial score (nSPS) is 13.0. The number of carbonyl (C=O) groups is 2. The van der Waals surface area contributed by atoms with Gasteiger partial charge < -0.3 is 15.4 Å². The molecule has 0 atom stereocenters. The van der Waals surface area contributed by atoms with E-state index >= 15 is 0 Å². The number of hydrogen-bond donors (Lipinski definition) is 2. The van der Waals surface area contributed by atoms with Crippen LogP contribution in [0, 0.1) is 5.82 Å². The lowest BCUT2D eigenvalue weighted by Gasteiger charge is -2.17. The van der Waals surface area contributed by atoms with Crippen LogP contribution in [0.4, 0.5) is 10.1 Å².